The van der Waals surface area contributed by atoms with Crippen LogP contribution in [0.4, 0.5) is 5.13 Å². The van der Waals surface area contributed by atoms with Crippen LogP contribution in [0.1, 0.15) is 47.1 Å². The highest BCUT2D eigenvalue weighted by Gasteiger charge is 2.24. The molecule has 3 rings (SSSR count). The highest BCUT2D eigenvalue weighted by Crippen LogP contribution is 2.30. The minimum Gasteiger partial charge on any atom is -0.302 e. The SMILES string of the molecule is Cc1cc(CCC(=O)Nc2ncc(C)s2)cc([C@@H]2CCCN2C)n1. The summed E-state index contributed by atoms with van der Waals surface area (Å²) in [6.07, 6.45) is 5.35. The molecule has 1 saturated heterocycles. The maximum atomic E-state index is 12.1. The number of carbonyl (C=O) groups is 1. The van der Waals surface area contributed by atoms with Crippen molar-refractivity contribution < 1.29 is 4.79 Å². The predicted molar refractivity (Wildman–Crippen MR) is 97.4 cm³/mol. The van der Waals surface area contributed by atoms with E-state index in [4.69, 9.17) is 4.98 Å². The number of carbonyl (C=O) groups excluding carboxylic acids is 1. The van der Waals surface area contributed by atoms with Gasteiger partial charge in [-0.3, -0.25) is 14.7 Å². The number of hydrogen-bond donors (Lipinski definition) is 1. The number of anilines is 1. The van der Waals surface area contributed by atoms with E-state index < -0.39 is 0 Å². The third-order valence-electron chi connectivity index (χ3n) is 4.40. The first-order valence-electron chi connectivity index (χ1n) is 8.41. The molecule has 0 aliphatic carbocycles. The lowest BCUT2D eigenvalue weighted by atomic mass is 10.0. The van der Waals surface area contributed by atoms with Gasteiger partial charge in [0.15, 0.2) is 5.13 Å². The van der Waals surface area contributed by atoms with E-state index in [1.54, 1.807) is 6.20 Å². The Kier molecular flexibility index (Phi) is 5.26. The molecule has 1 amide bonds. The molecule has 0 spiro atoms. The fraction of sp³-hybridized carbons (Fsp3) is 0.500. The summed E-state index contributed by atoms with van der Waals surface area (Å²) in [6.45, 7) is 5.14. The fourth-order valence-corrected chi connectivity index (χ4v) is 3.90. The van der Waals surface area contributed by atoms with Crippen molar-refractivity contribution in [3.63, 3.8) is 0 Å². The van der Waals surface area contributed by atoms with Crippen molar-refractivity contribution in [2.45, 2.75) is 45.6 Å². The summed E-state index contributed by atoms with van der Waals surface area (Å²) >= 11 is 1.50. The van der Waals surface area contributed by atoms with Gasteiger partial charge >= 0.3 is 0 Å². The minimum atomic E-state index is 0.0124. The van der Waals surface area contributed by atoms with E-state index in [0.717, 1.165) is 35.7 Å². The van der Waals surface area contributed by atoms with Crippen molar-refractivity contribution in [2.75, 3.05) is 18.9 Å². The molecule has 5 nitrogen and oxygen atoms in total. The molecule has 24 heavy (non-hydrogen) atoms. The smallest absolute Gasteiger partial charge is 0.226 e. The van der Waals surface area contributed by atoms with Crippen LogP contribution in [0, 0.1) is 13.8 Å². The lowest BCUT2D eigenvalue weighted by Gasteiger charge is -2.20. The molecule has 1 aliphatic rings. The molecule has 0 saturated carbocycles. The van der Waals surface area contributed by atoms with Crippen LogP contribution in [0.15, 0.2) is 18.3 Å². The molecule has 0 radical (unpaired) electrons. The second kappa shape index (κ2) is 7.40. The number of amides is 1. The number of nitrogens with one attached hydrogen (secondary N) is 1. The Balaban J connectivity index is 1.62. The minimum absolute atomic E-state index is 0.0124. The third kappa shape index (κ3) is 4.19. The maximum Gasteiger partial charge on any atom is 0.226 e. The number of pyridine rings is 1. The summed E-state index contributed by atoms with van der Waals surface area (Å²) in [5.41, 5.74) is 3.35. The van der Waals surface area contributed by atoms with Crippen molar-refractivity contribution in [1.82, 2.24) is 14.9 Å². The average Bonchev–Trinajstić information content (AvgIpc) is 3.13. The Hall–Kier alpha value is -1.79. The normalized spacial score (nSPS) is 18.0. The van der Waals surface area contributed by atoms with Gasteiger partial charge in [-0.05, 0) is 64.4 Å². The summed E-state index contributed by atoms with van der Waals surface area (Å²) < 4.78 is 0. The molecular formula is C18H24N4OS. The van der Waals surface area contributed by atoms with E-state index >= 15 is 0 Å². The van der Waals surface area contributed by atoms with Crippen LogP contribution in [-0.2, 0) is 11.2 Å². The van der Waals surface area contributed by atoms with Gasteiger partial charge in [0.1, 0.15) is 0 Å². The summed E-state index contributed by atoms with van der Waals surface area (Å²) in [4.78, 5) is 24.5. The van der Waals surface area contributed by atoms with Gasteiger partial charge in [0.2, 0.25) is 5.91 Å². The van der Waals surface area contributed by atoms with Crippen molar-refractivity contribution in [3.8, 4) is 0 Å². The third-order valence-corrected chi connectivity index (χ3v) is 5.23. The summed E-state index contributed by atoms with van der Waals surface area (Å²) in [7, 11) is 2.16. The molecule has 128 valence electrons. The quantitative estimate of drug-likeness (QED) is 0.902. The zero-order valence-corrected chi connectivity index (χ0v) is 15.3. The molecule has 2 aromatic rings. The second-order valence-corrected chi connectivity index (χ2v) is 7.74. The number of aryl methyl sites for hydroxylation is 3. The van der Waals surface area contributed by atoms with Crippen molar-refractivity contribution in [1.29, 1.82) is 0 Å². The lowest BCUT2D eigenvalue weighted by molar-refractivity contribution is -0.116. The van der Waals surface area contributed by atoms with Gasteiger partial charge in [-0.1, -0.05) is 0 Å². The summed E-state index contributed by atoms with van der Waals surface area (Å²) in [5, 5.41) is 3.55. The molecule has 0 aromatic carbocycles. The molecule has 1 atom stereocenters. The number of rotatable bonds is 5. The van der Waals surface area contributed by atoms with Crippen LogP contribution in [0.5, 0.6) is 0 Å². The number of nitrogens with zero attached hydrogens (tertiary/aromatic N) is 3. The van der Waals surface area contributed by atoms with Crippen molar-refractivity contribution in [2.24, 2.45) is 0 Å². The second-order valence-electron chi connectivity index (χ2n) is 6.50. The van der Waals surface area contributed by atoms with Gasteiger partial charge in [-0.2, -0.15) is 0 Å². The number of hydrogen-bond acceptors (Lipinski definition) is 5. The lowest BCUT2D eigenvalue weighted by Crippen LogP contribution is -2.19. The molecule has 2 aromatic heterocycles. The van der Waals surface area contributed by atoms with Gasteiger partial charge in [0, 0.05) is 23.2 Å². The first-order chi connectivity index (χ1) is 11.5. The Morgan fingerprint density at radius 2 is 2.25 bits per heavy atom. The Bertz CT molecular complexity index is 728. The van der Waals surface area contributed by atoms with Crippen LogP contribution >= 0.6 is 11.3 Å². The fourth-order valence-electron chi connectivity index (χ4n) is 3.22. The van der Waals surface area contributed by atoms with Crippen LogP contribution in [0.25, 0.3) is 0 Å². The highest BCUT2D eigenvalue weighted by molar-refractivity contribution is 7.15. The van der Waals surface area contributed by atoms with Crippen LogP contribution in [0.2, 0.25) is 0 Å². The van der Waals surface area contributed by atoms with E-state index in [2.05, 4.69) is 34.4 Å². The Morgan fingerprint density at radius 1 is 1.42 bits per heavy atom. The Morgan fingerprint density at radius 3 is 2.92 bits per heavy atom. The molecule has 0 unspecified atom stereocenters. The highest BCUT2D eigenvalue weighted by atomic mass is 32.1. The molecule has 1 fully saturated rings. The summed E-state index contributed by atoms with van der Waals surface area (Å²) in [5.74, 6) is 0.0124. The monoisotopic (exact) mass is 344 g/mol. The van der Waals surface area contributed by atoms with Gasteiger partial charge in [-0.15, -0.1) is 11.3 Å². The molecule has 0 bridgehead atoms. The van der Waals surface area contributed by atoms with Crippen LogP contribution in [-0.4, -0.2) is 34.4 Å². The van der Waals surface area contributed by atoms with Crippen molar-refractivity contribution >= 4 is 22.4 Å². The van der Waals surface area contributed by atoms with Gasteiger partial charge < -0.3 is 5.32 Å². The number of thiazole rings is 1. The summed E-state index contributed by atoms with van der Waals surface area (Å²) in [6, 6.07) is 4.66. The number of aromatic nitrogens is 2. The van der Waals surface area contributed by atoms with Gasteiger partial charge in [0.25, 0.3) is 0 Å². The Labute approximate surface area is 147 Å². The van der Waals surface area contributed by atoms with E-state index in [1.165, 1.54) is 23.3 Å². The predicted octanol–water partition coefficient (Wildman–Crippen LogP) is 3.49. The standard InChI is InChI=1S/C18H24N4OS/c1-12-9-14(10-15(20-12)16-5-4-8-22(16)3)6-7-17(23)21-18-19-11-13(2)24-18/h9-11,16H,4-8H2,1-3H3,(H,19,21,23)/t16-/m0/s1. The van der Waals surface area contributed by atoms with Crippen molar-refractivity contribution in [3.05, 3.63) is 40.2 Å². The van der Waals surface area contributed by atoms with E-state index in [9.17, 15) is 4.79 Å². The maximum absolute atomic E-state index is 12.1. The van der Waals surface area contributed by atoms with E-state index in [0.29, 0.717) is 17.6 Å². The van der Waals surface area contributed by atoms with Gasteiger partial charge in [-0.25, -0.2) is 4.98 Å². The van der Waals surface area contributed by atoms with E-state index in [1.807, 2.05) is 13.8 Å². The largest absolute Gasteiger partial charge is 0.302 e. The average molecular weight is 344 g/mol. The molecule has 1 aliphatic heterocycles. The zero-order valence-electron chi connectivity index (χ0n) is 14.5. The van der Waals surface area contributed by atoms with Gasteiger partial charge in [0.05, 0.1) is 11.7 Å². The molecular weight excluding hydrogens is 320 g/mol. The van der Waals surface area contributed by atoms with Crippen LogP contribution < -0.4 is 5.32 Å². The topological polar surface area (TPSA) is 58.1 Å². The van der Waals surface area contributed by atoms with E-state index in [-0.39, 0.29) is 5.91 Å². The first kappa shape index (κ1) is 17.0. The molecule has 1 N–H and O–H groups in total. The van der Waals surface area contributed by atoms with Crippen LogP contribution in [0.3, 0.4) is 0 Å². The zero-order chi connectivity index (χ0) is 17.1. The number of likely N-dealkylation sites (tertiary alicyclic amines) is 1. The first-order valence-corrected chi connectivity index (χ1v) is 9.23. The molecule has 6 heteroatoms. The molecule has 3 heterocycles.